The molecule has 1 fully saturated rings. The van der Waals surface area contributed by atoms with Gasteiger partial charge in [0.2, 0.25) is 5.91 Å². The quantitative estimate of drug-likeness (QED) is 0.905. The molecule has 2 aromatic rings. The van der Waals surface area contributed by atoms with Crippen LogP contribution in [0.3, 0.4) is 0 Å². The predicted molar refractivity (Wildman–Crippen MR) is 97.7 cm³/mol. The van der Waals surface area contributed by atoms with E-state index in [9.17, 15) is 9.18 Å². The zero-order chi connectivity index (χ0) is 17.8. The summed E-state index contributed by atoms with van der Waals surface area (Å²) in [6.07, 6.45) is 0.319. The summed E-state index contributed by atoms with van der Waals surface area (Å²) in [4.78, 5) is 14.6. The molecule has 1 heterocycles. The Kier molecular flexibility index (Phi) is 5.49. The van der Waals surface area contributed by atoms with Crippen LogP contribution < -0.4 is 5.73 Å². The first-order chi connectivity index (χ1) is 12.1. The van der Waals surface area contributed by atoms with Crippen LogP contribution in [0.1, 0.15) is 36.3 Å². The van der Waals surface area contributed by atoms with E-state index < -0.39 is 0 Å². The minimum Gasteiger partial charge on any atom is -0.342 e. The minimum atomic E-state index is -0.244. The molecule has 1 amide bonds. The fraction of sp³-hybridized carbons (Fsp3) is 0.381. The Bertz CT molecular complexity index is 719. The van der Waals surface area contributed by atoms with Crippen LogP contribution in [0, 0.1) is 11.7 Å². The Balaban J connectivity index is 1.68. The summed E-state index contributed by atoms with van der Waals surface area (Å²) in [5, 5.41) is 0. The second kappa shape index (κ2) is 7.79. The van der Waals surface area contributed by atoms with E-state index in [1.165, 1.54) is 11.6 Å². The van der Waals surface area contributed by atoms with Crippen molar-refractivity contribution >= 4 is 5.91 Å². The Morgan fingerprint density at radius 2 is 1.84 bits per heavy atom. The third-order valence-electron chi connectivity index (χ3n) is 5.24. The van der Waals surface area contributed by atoms with E-state index in [0.29, 0.717) is 31.6 Å². The second-order valence-electron chi connectivity index (χ2n) is 6.94. The molecule has 3 rings (SSSR count). The first kappa shape index (κ1) is 17.6. The molecule has 25 heavy (non-hydrogen) atoms. The van der Waals surface area contributed by atoms with Gasteiger partial charge in [0.1, 0.15) is 5.82 Å². The summed E-state index contributed by atoms with van der Waals surface area (Å²) in [5.74, 6) is 0.244. The van der Waals surface area contributed by atoms with Crippen molar-refractivity contribution in [3.63, 3.8) is 0 Å². The fourth-order valence-corrected chi connectivity index (χ4v) is 3.77. The standard InChI is InChI=1S/C21H25FN2O/c1-15(18-9-5-6-10-20(18)22)11-21(25)24-13-17(12-23)19(14-24)16-7-3-2-4-8-16/h2-10,15,17,19H,11-14,23H2,1H3/t15?,17-,19+/m1/s1. The van der Waals surface area contributed by atoms with Gasteiger partial charge in [0, 0.05) is 25.4 Å². The van der Waals surface area contributed by atoms with E-state index in [-0.39, 0.29) is 29.5 Å². The first-order valence-electron chi connectivity index (χ1n) is 8.87. The van der Waals surface area contributed by atoms with Crippen molar-refractivity contribution in [1.82, 2.24) is 4.90 Å². The van der Waals surface area contributed by atoms with Crippen molar-refractivity contribution in [2.75, 3.05) is 19.6 Å². The normalized spacial score (nSPS) is 21.3. The highest BCUT2D eigenvalue weighted by Crippen LogP contribution is 2.33. The predicted octanol–water partition coefficient (Wildman–Crippen LogP) is 3.52. The monoisotopic (exact) mass is 340 g/mol. The molecular weight excluding hydrogens is 315 g/mol. The molecule has 3 nitrogen and oxygen atoms in total. The Labute approximate surface area is 148 Å². The number of nitrogens with two attached hydrogens (primary N) is 1. The number of amides is 1. The molecule has 4 heteroatoms. The van der Waals surface area contributed by atoms with Gasteiger partial charge < -0.3 is 10.6 Å². The van der Waals surface area contributed by atoms with Crippen LogP contribution in [0.25, 0.3) is 0 Å². The maximum atomic E-state index is 13.9. The molecule has 0 aromatic heterocycles. The largest absolute Gasteiger partial charge is 0.342 e. The van der Waals surface area contributed by atoms with Crippen LogP contribution in [0.4, 0.5) is 4.39 Å². The average Bonchev–Trinajstić information content (AvgIpc) is 3.07. The lowest BCUT2D eigenvalue weighted by molar-refractivity contribution is -0.130. The van der Waals surface area contributed by atoms with Crippen LogP contribution in [0.5, 0.6) is 0 Å². The van der Waals surface area contributed by atoms with Crippen LogP contribution in [-0.2, 0) is 4.79 Å². The molecule has 1 aliphatic heterocycles. The number of hydrogen-bond donors (Lipinski definition) is 1. The summed E-state index contributed by atoms with van der Waals surface area (Å²) in [6, 6.07) is 16.9. The van der Waals surface area contributed by atoms with Crippen molar-refractivity contribution in [3.05, 3.63) is 71.5 Å². The van der Waals surface area contributed by atoms with Gasteiger partial charge in [-0.15, -0.1) is 0 Å². The van der Waals surface area contributed by atoms with E-state index in [1.807, 2.05) is 36.1 Å². The topological polar surface area (TPSA) is 46.3 Å². The third kappa shape index (κ3) is 3.90. The highest BCUT2D eigenvalue weighted by Gasteiger charge is 2.35. The maximum absolute atomic E-state index is 13.9. The maximum Gasteiger partial charge on any atom is 0.223 e. The summed E-state index contributed by atoms with van der Waals surface area (Å²) < 4.78 is 13.9. The van der Waals surface area contributed by atoms with Gasteiger partial charge in [-0.3, -0.25) is 4.79 Å². The zero-order valence-electron chi connectivity index (χ0n) is 14.6. The van der Waals surface area contributed by atoms with Crippen LogP contribution in [0.2, 0.25) is 0 Å². The molecule has 2 aromatic carbocycles. The van der Waals surface area contributed by atoms with E-state index in [2.05, 4.69) is 12.1 Å². The van der Waals surface area contributed by atoms with E-state index in [0.717, 1.165) is 0 Å². The van der Waals surface area contributed by atoms with Crippen molar-refractivity contribution in [2.45, 2.75) is 25.2 Å². The molecule has 0 aliphatic carbocycles. The Morgan fingerprint density at radius 1 is 1.16 bits per heavy atom. The van der Waals surface area contributed by atoms with Gasteiger partial charge in [-0.05, 0) is 35.6 Å². The number of carbonyl (C=O) groups excluding carboxylic acids is 1. The molecule has 0 bridgehead atoms. The number of rotatable bonds is 5. The number of hydrogen-bond acceptors (Lipinski definition) is 2. The van der Waals surface area contributed by atoms with Crippen LogP contribution in [0.15, 0.2) is 54.6 Å². The summed E-state index contributed by atoms with van der Waals surface area (Å²) in [5.41, 5.74) is 7.78. The fourth-order valence-electron chi connectivity index (χ4n) is 3.77. The number of benzene rings is 2. The van der Waals surface area contributed by atoms with Gasteiger partial charge in [0.05, 0.1) is 0 Å². The van der Waals surface area contributed by atoms with Gasteiger partial charge in [0.25, 0.3) is 0 Å². The minimum absolute atomic E-state index is 0.0765. The van der Waals surface area contributed by atoms with Crippen molar-refractivity contribution in [3.8, 4) is 0 Å². The van der Waals surface area contributed by atoms with Crippen molar-refractivity contribution in [1.29, 1.82) is 0 Å². The SMILES string of the molecule is CC(CC(=O)N1C[C@@H](CN)[C@H](c2ccccc2)C1)c1ccccc1F. The average molecular weight is 340 g/mol. The highest BCUT2D eigenvalue weighted by atomic mass is 19.1. The molecule has 1 saturated heterocycles. The Morgan fingerprint density at radius 3 is 2.52 bits per heavy atom. The van der Waals surface area contributed by atoms with Crippen LogP contribution in [-0.4, -0.2) is 30.4 Å². The number of carbonyl (C=O) groups is 1. The zero-order valence-corrected chi connectivity index (χ0v) is 14.6. The Hall–Kier alpha value is -2.20. The van der Waals surface area contributed by atoms with E-state index in [4.69, 9.17) is 5.73 Å². The first-order valence-corrected chi connectivity index (χ1v) is 8.87. The van der Waals surface area contributed by atoms with Gasteiger partial charge >= 0.3 is 0 Å². The summed E-state index contributed by atoms with van der Waals surface area (Å²) in [6.45, 7) is 3.83. The number of likely N-dealkylation sites (tertiary alicyclic amines) is 1. The lowest BCUT2D eigenvalue weighted by atomic mass is 9.89. The lowest BCUT2D eigenvalue weighted by Gasteiger charge is -2.20. The van der Waals surface area contributed by atoms with Gasteiger partial charge in [-0.25, -0.2) is 4.39 Å². The highest BCUT2D eigenvalue weighted by molar-refractivity contribution is 5.77. The molecule has 0 saturated carbocycles. The number of nitrogens with zero attached hydrogens (tertiary/aromatic N) is 1. The molecule has 0 radical (unpaired) electrons. The van der Waals surface area contributed by atoms with E-state index >= 15 is 0 Å². The van der Waals surface area contributed by atoms with Crippen molar-refractivity contribution in [2.24, 2.45) is 11.7 Å². The number of halogens is 1. The third-order valence-corrected chi connectivity index (χ3v) is 5.24. The molecule has 0 spiro atoms. The molecular formula is C21H25FN2O. The van der Waals surface area contributed by atoms with Crippen molar-refractivity contribution < 1.29 is 9.18 Å². The smallest absolute Gasteiger partial charge is 0.223 e. The molecule has 1 aliphatic rings. The van der Waals surface area contributed by atoms with E-state index in [1.54, 1.807) is 12.1 Å². The van der Waals surface area contributed by atoms with Crippen LogP contribution >= 0.6 is 0 Å². The molecule has 132 valence electrons. The molecule has 2 N–H and O–H groups in total. The molecule has 1 unspecified atom stereocenters. The summed E-state index contributed by atoms with van der Waals surface area (Å²) in [7, 11) is 0. The van der Waals surface area contributed by atoms with Gasteiger partial charge in [-0.1, -0.05) is 55.5 Å². The molecule has 3 atom stereocenters. The van der Waals surface area contributed by atoms with Gasteiger partial charge in [0.15, 0.2) is 0 Å². The van der Waals surface area contributed by atoms with Gasteiger partial charge in [-0.2, -0.15) is 0 Å². The summed E-state index contributed by atoms with van der Waals surface area (Å²) >= 11 is 0. The second-order valence-corrected chi connectivity index (χ2v) is 6.94. The lowest BCUT2D eigenvalue weighted by Crippen LogP contribution is -2.30.